The number of nitrogens with zero attached hydrogens (tertiary/aromatic N) is 3. The maximum absolute atomic E-state index is 12.4. The molecule has 0 amide bonds. The van der Waals surface area contributed by atoms with Crippen LogP contribution < -0.4 is 10.5 Å². The van der Waals surface area contributed by atoms with Crippen molar-refractivity contribution in [2.45, 2.75) is 38.8 Å². The van der Waals surface area contributed by atoms with Gasteiger partial charge in [-0.3, -0.25) is 4.68 Å². The third-order valence-corrected chi connectivity index (χ3v) is 4.69. The molecule has 116 valence electrons. The first kappa shape index (κ1) is 15.7. The van der Waals surface area contributed by atoms with E-state index in [2.05, 4.69) is 15.0 Å². The number of aromatic nitrogens is 3. The predicted molar refractivity (Wildman–Crippen MR) is 76.0 cm³/mol. The zero-order valence-electron chi connectivity index (χ0n) is 12.3. The molecular formula is C12H19N5O3S. The van der Waals surface area contributed by atoms with Gasteiger partial charge in [0.2, 0.25) is 10.0 Å². The van der Waals surface area contributed by atoms with Gasteiger partial charge in [-0.25, -0.2) is 13.1 Å². The summed E-state index contributed by atoms with van der Waals surface area (Å²) in [5.74, 6) is 0.459. The summed E-state index contributed by atoms with van der Waals surface area (Å²) in [6.45, 7) is 6.06. The van der Waals surface area contributed by atoms with E-state index in [0.717, 1.165) is 0 Å². The Labute approximate surface area is 123 Å². The lowest BCUT2D eigenvalue weighted by Gasteiger charge is -2.06. The number of hydrogen-bond donors (Lipinski definition) is 2. The van der Waals surface area contributed by atoms with Crippen LogP contribution in [0.1, 0.15) is 22.8 Å². The molecule has 0 aliphatic rings. The molecule has 9 heteroatoms. The van der Waals surface area contributed by atoms with Crippen LogP contribution in [0.3, 0.4) is 0 Å². The number of hydrogen-bond acceptors (Lipinski definition) is 6. The second-order valence-corrected chi connectivity index (χ2v) is 6.47. The topological polar surface area (TPSA) is 116 Å². The Morgan fingerprint density at radius 2 is 2.10 bits per heavy atom. The van der Waals surface area contributed by atoms with Crippen LogP contribution in [0.15, 0.2) is 15.5 Å². The van der Waals surface area contributed by atoms with Gasteiger partial charge in [0.1, 0.15) is 4.90 Å². The van der Waals surface area contributed by atoms with Crippen LogP contribution in [0.4, 0.5) is 0 Å². The largest absolute Gasteiger partial charge is 0.360 e. The molecule has 2 aromatic heterocycles. The van der Waals surface area contributed by atoms with Gasteiger partial charge in [-0.15, -0.1) is 0 Å². The van der Waals surface area contributed by atoms with Crippen molar-refractivity contribution < 1.29 is 12.9 Å². The second kappa shape index (κ2) is 5.96. The molecule has 2 heterocycles. The Morgan fingerprint density at radius 3 is 2.67 bits per heavy atom. The number of nitrogens with one attached hydrogen (secondary N) is 1. The zero-order chi connectivity index (χ0) is 15.6. The summed E-state index contributed by atoms with van der Waals surface area (Å²) < 4.78 is 33.9. The number of rotatable bonds is 6. The average molecular weight is 313 g/mol. The normalized spacial score (nSPS) is 12.0. The van der Waals surface area contributed by atoms with Gasteiger partial charge in [-0.2, -0.15) is 5.10 Å². The summed E-state index contributed by atoms with van der Waals surface area (Å²) in [5, 5.41) is 7.92. The van der Waals surface area contributed by atoms with Crippen LogP contribution in [-0.4, -0.2) is 29.9 Å². The Balaban J connectivity index is 2.23. The van der Waals surface area contributed by atoms with Crippen LogP contribution in [0.25, 0.3) is 0 Å². The maximum Gasteiger partial charge on any atom is 0.244 e. The van der Waals surface area contributed by atoms with Crippen molar-refractivity contribution in [3.05, 3.63) is 28.9 Å². The first-order valence-electron chi connectivity index (χ1n) is 6.51. The standard InChI is InChI=1S/C12H19N5O3S/c1-8-6-11(20-16-8)7-14-21(18,19)12-9(2)15-17(5-4-13)10(12)3/h6,14H,4-5,7,13H2,1-3H3. The first-order valence-corrected chi connectivity index (χ1v) is 7.99. The van der Waals surface area contributed by atoms with Crippen molar-refractivity contribution in [3.63, 3.8) is 0 Å². The van der Waals surface area contributed by atoms with E-state index < -0.39 is 10.0 Å². The Morgan fingerprint density at radius 1 is 1.38 bits per heavy atom. The lowest BCUT2D eigenvalue weighted by molar-refractivity contribution is 0.377. The fraction of sp³-hybridized carbons (Fsp3) is 0.500. The minimum atomic E-state index is -3.67. The highest BCUT2D eigenvalue weighted by atomic mass is 32.2. The van der Waals surface area contributed by atoms with Crippen molar-refractivity contribution in [1.82, 2.24) is 19.7 Å². The highest BCUT2D eigenvalue weighted by Crippen LogP contribution is 2.19. The fourth-order valence-electron chi connectivity index (χ4n) is 2.15. The van der Waals surface area contributed by atoms with E-state index in [-0.39, 0.29) is 11.4 Å². The van der Waals surface area contributed by atoms with Gasteiger partial charge >= 0.3 is 0 Å². The smallest absolute Gasteiger partial charge is 0.244 e. The predicted octanol–water partition coefficient (Wildman–Crippen LogP) is 0.234. The van der Waals surface area contributed by atoms with Gasteiger partial charge in [0, 0.05) is 12.6 Å². The van der Waals surface area contributed by atoms with E-state index in [1.165, 1.54) is 0 Å². The van der Waals surface area contributed by atoms with Gasteiger partial charge in [-0.05, 0) is 20.8 Å². The SMILES string of the molecule is Cc1cc(CNS(=O)(=O)c2c(C)nn(CCN)c2C)on1. The highest BCUT2D eigenvalue weighted by Gasteiger charge is 2.24. The Hall–Kier alpha value is -1.71. The molecule has 8 nitrogen and oxygen atoms in total. The van der Waals surface area contributed by atoms with Gasteiger partial charge in [0.25, 0.3) is 0 Å². The minimum absolute atomic E-state index is 0.0458. The molecule has 0 aliphatic carbocycles. The van der Waals surface area contributed by atoms with Gasteiger partial charge in [-0.1, -0.05) is 5.16 Å². The molecule has 0 spiro atoms. The third kappa shape index (κ3) is 3.31. The molecule has 0 saturated carbocycles. The van der Waals surface area contributed by atoms with Gasteiger partial charge in [0.05, 0.1) is 30.2 Å². The molecule has 0 saturated heterocycles. The van der Waals surface area contributed by atoms with Crippen molar-refractivity contribution in [2.24, 2.45) is 5.73 Å². The van der Waals surface area contributed by atoms with E-state index in [1.54, 1.807) is 31.5 Å². The lowest BCUT2D eigenvalue weighted by Crippen LogP contribution is -2.24. The molecule has 0 aliphatic heterocycles. The third-order valence-electron chi connectivity index (χ3n) is 3.04. The van der Waals surface area contributed by atoms with Crippen molar-refractivity contribution >= 4 is 10.0 Å². The first-order chi connectivity index (χ1) is 9.85. The molecule has 0 atom stereocenters. The summed E-state index contributed by atoms with van der Waals surface area (Å²) in [4.78, 5) is 0.187. The molecular weight excluding hydrogens is 294 g/mol. The fourth-order valence-corrected chi connectivity index (χ4v) is 3.55. The summed E-state index contributed by atoms with van der Waals surface area (Å²) in [5.41, 5.74) is 7.21. The Bertz CT molecular complexity index is 732. The molecule has 3 N–H and O–H groups in total. The number of aryl methyl sites for hydroxylation is 2. The quantitative estimate of drug-likeness (QED) is 0.789. The number of sulfonamides is 1. The van der Waals surface area contributed by atoms with E-state index in [0.29, 0.717) is 35.9 Å². The monoisotopic (exact) mass is 313 g/mol. The molecule has 0 fully saturated rings. The molecule has 0 unspecified atom stereocenters. The second-order valence-electron chi connectivity index (χ2n) is 4.77. The minimum Gasteiger partial charge on any atom is -0.360 e. The number of nitrogens with two attached hydrogens (primary N) is 1. The molecule has 2 rings (SSSR count). The van der Waals surface area contributed by atoms with Crippen molar-refractivity contribution in [1.29, 1.82) is 0 Å². The van der Waals surface area contributed by atoms with Crippen LogP contribution in [-0.2, 0) is 23.1 Å². The summed E-state index contributed by atoms with van der Waals surface area (Å²) in [7, 11) is -3.67. The lowest BCUT2D eigenvalue weighted by atomic mass is 10.4. The van der Waals surface area contributed by atoms with Crippen LogP contribution in [0.2, 0.25) is 0 Å². The van der Waals surface area contributed by atoms with Crippen LogP contribution in [0, 0.1) is 20.8 Å². The average Bonchev–Trinajstić information content (AvgIpc) is 2.93. The molecule has 2 aromatic rings. The summed E-state index contributed by atoms with van der Waals surface area (Å²) in [6, 6.07) is 1.68. The van der Waals surface area contributed by atoms with Crippen molar-refractivity contribution in [2.75, 3.05) is 6.54 Å². The summed E-state index contributed by atoms with van der Waals surface area (Å²) in [6.07, 6.45) is 0. The molecule has 0 bridgehead atoms. The van der Waals surface area contributed by atoms with Crippen molar-refractivity contribution in [3.8, 4) is 0 Å². The zero-order valence-corrected chi connectivity index (χ0v) is 13.1. The van der Waals surface area contributed by atoms with Gasteiger partial charge in [0.15, 0.2) is 5.76 Å². The Kier molecular flexibility index (Phi) is 4.45. The molecule has 21 heavy (non-hydrogen) atoms. The van der Waals surface area contributed by atoms with E-state index in [4.69, 9.17) is 10.3 Å². The molecule has 0 aromatic carbocycles. The highest BCUT2D eigenvalue weighted by molar-refractivity contribution is 7.89. The van der Waals surface area contributed by atoms with Crippen LogP contribution in [0.5, 0.6) is 0 Å². The maximum atomic E-state index is 12.4. The molecule has 0 radical (unpaired) electrons. The van der Waals surface area contributed by atoms with E-state index in [9.17, 15) is 8.42 Å². The van der Waals surface area contributed by atoms with E-state index >= 15 is 0 Å². The summed E-state index contributed by atoms with van der Waals surface area (Å²) >= 11 is 0. The van der Waals surface area contributed by atoms with Gasteiger partial charge < -0.3 is 10.3 Å². The van der Waals surface area contributed by atoms with E-state index in [1.807, 2.05) is 0 Å². The van der Waals surface area contributed by atoms with Crippen LogP contribution >= 0.6 is 0 Å².